The van der Waals surface area contributed by atoms with Crippen LogP contribution in [0, 0.1) is 0 Å². The van der Waals surface area contributed by atoms with Crippen molar-refractivity contribution in [2.45, 2.75) is 31.7 Å². The number of carbonyl (C=O) groups is 2. The second-order valence-electron chi connectivity index (χ2n) is 5.33. The van der Waals surface area contributed by atoms with E-state index in [1.807, 2.05) is 35.8 Å². The molecular formula is C15H17N3O3. The van der Waals surface area contributed by atoms with Crippen molar-refractivity contribution in [3.8, 4) is 0 Å². The fraction of sp³-hybridized carbons (Fsp3) is 0.400. The Bertz CT molecular complexity index is 709. The van der Waals surface area contributed by atoms with Gasteiger partial charge in [0.1, 0.15) is 5.54 Å². The van der Waals surface area contributed by atoms with Crippen LogP contribution >= 0.6 is 0 Å². The van der Waals surface area contributed by atoms with E-state index in [0.717, 1.165) is 15.9 Å². The molecule has 0 radical (unpaired) electrons. The van der Waals surface area contributed by atoms with Gasteiger partial charge in [0.05, 0.1) is 17.4 Å². The van der Waals surface area contributed by atoms with Crippen LogP contribution in [0.3, 0.4) is 0 Å². The third-order valence-corrected chi connectivity index (χ3v) is 4.35. The maximum Gasteiger partial charge on any atom is 0.414 e. The molecule has 1 saturated heterocycles. The second kappa shape index (κ2) is 4.87. The van der Waals surface area contributed by atoms with Gasteiger partial charge in [-0.25, -0.2) is 14.7 Å². The summed E-state index contributed by atoms with van der Waals surface area (Å²) in [7, 11) is 0. The van der Waals surface area contributed by atoms with Gasteiger partial charge in [-0.1, -0.05) is 19.1 Å². The first-order valence-electron chi connectivity index (χ1n) is 7.07. The Balaban J connectivity index is 2.15. The first kappa shape index (κ1) is 13.6. The molecule has 1 atom stereocenters. The van der Waals surface area contributed by atoms with Gasteiger partial charge < -0.3 is 9.67 Å². The van der Waals surface area contributed by atoms with Crippen LogP contribution in [0.15, 0.2) is 30.6 Å². The van der Waals surface area contributed by atoms with Gasteiger partial charge in [-0.15, -0.1) is 0 Å². The molecule has 0 saturated carbocycles. The van der Waals surface area contributed by atoms with Gasteiger partial charge in [0, 0.05) is 6.54 Å². The second-order valence-corrected chi connectivity index (χ2v) is 5.33. The topological polar surface area (TPSA) is 75.4 Å². The number of aromatic nitrogens is 2. The zero-order valence-corrected chi connectivity index (χ0v) is 11.8. The van der Waals surface area contributed by atoms with Gasteiger partial charge in [-0.3, -0.25) is 4.79 Å². The highest BCUT2D eigenvalue weighted by molar-refractivity contribution is 5.97. The molecule has 1 aromatic heterocycles. The highest BCUT2D eigenvalue weighted by Gasteiger charge is 2.46. The third-order valence-electron chi connectivity index (χ3n) is 4.35. The maximum atomic E-state index is 12.8. The zero-order chi connectivity index (χ0) is 15.0. The number of imide groups is 1. The molecule has 110 valence electrons. The standard InChI is InChI=1S/C15H17N3O3/c1-2-15(8-5-9-17(13(15)19)14(20)21)18-10-16-11-6-3-4-7-12(11)18/h3-4,6-7,10H,2,5,8-9H2,1H3,(H,20,21). The lowest BCUT2D eigenvalue weighted by Crippen LogP contribution is -2.55. The number of para-hydroxylation sites is 2. The van der Waals surface area contributed by atoms with Gasteiger partial charge in [-0.2, -0.15) is 0 Å². The molecule has 6 nitrogen and oxygen atoms in total. The SMILES string of the molecule is CCC1(n2cnc3ccccc32)CCCN(C(=O)O)C1=O. The minimum Gasteiger partial charge on any atom is -0.465 e. The molecule has 1 fully saturated rings. The minimum absolute atomic E-state index is 0.266. The molecule has 0 bridgehead atoms. The molecule has 1 aliphatic rings. The molecule has 6 heteroatoms. The number of likely N-dealkylation sites (tertiary alicyclic amines) is 1. The predicted molar refractivity (Wildman–Crippen MR) is 77.0 cm³/mol. The van der Waals surface area contributed by atoms with Gasteiger partial charge in [0.15, 0.2) is 0 Å². The summed E-state index contributed by atoms with van der Waals surface area (Å²) in [6.45, 7) is 2.18. The summed E-state index contributed by atoms with van der Waals surface area (Å²) >= 11 is 0. The number of nitrogens with zero attached hydrogens (tertiary/aromatic N) is 3. The molecule has 1 aliphatic heterocycles. The average molecular weight is 287 g/mol. The van der Waals surface area contributed by atoms with Crippen LogP contribution in [0.1, 0.15) is 26.2 Å². The highest BCUT2D eigenvalue weighted by atomic mass is 16.4. The van der Waals surface area contributed by atoms with Gasteiger partial charge in [0.2, 0.25) is 0 Å². The molecule has 2 aromatic rings. The number of imidazole rings is 1. The Labute approximate surface area is 122 Å². The van der Waals surface area contributed by atoms with Crippen molar-refractivity contribution >= 4 is 23.0 Å². The molecule has 2 heterocycles. The lowest BCUT2D eigenvalue weighted by atomic mass is 9.85. The lowest BCUT2D eigenvalue weighted by Gasteiger charge is -2.40. The number of fused-ring (bicyclic) bond motifs is 1. The number of hydrogen-bond donors (Lipinski definition) is 1. The van der Waals surface area contributed by atoms with E-state index < -0.39 is 11.6 Å². The van der Waals surface area contributed by atoms with Gasteiger partial charge in [-0.05, 0) is 31.4 Å². The molecular weight excluding hydrogens is 270 g/mol. The van der Waals surface area contributed by atoms with Crippen LogP contribution in [0.5, 0.6) is 0 Å². The first-order chi connectivity index (χ1) is 10.1. The predicted octanol–water partition coefficient (Wildman–Crippen LogP) is 2.44. The van der Waals surface area contributed by atoms with Crippen molar-refractivity contribution in [3.05, 3.63) is 30.6 Å². The van der Waals surface area contributed by atoms with Crippen molar-refractivity contribution in [2.75, 3.05) is 6.54 Å². The summed E-state index contributed by atoms with van der Waals surface area (Å²) in [5.41, 5.74) is 0.817. The Kier molecular flexibility index (Phi) is 3.16. The summed E-state index contributed by atoms with van der Waals surface area (Å²) in [5, 5.41) is 9.23. The van der Waals surface area contributed by atoms with Crippen LogP contribution in [0.25, 0.3) is 11.0 Å². The first-order valence-corrected chi connectivity index (χ1v) is 7.07. The number of carboxylic acid groups (broad SMARTS) is 1. The zero-order valence-electron chi connectivity index (χ0n) is 11.8. The molecule has 3 rings (SSSR count). The Morgan fingerprint density at radius 1 is 1.43 bits per heavy atom. The molecule has 1 N–H and O–H groups in total. The number of rotatable bonds is 2. The van der Waals surface area contributed by atoms with E-state index in [9.17, 15) is 14.7 Å². The molecule has 21 heavy (non-hydrogen) atoms. The van der Waals surface area contributed by atoms with Crippen molar-refractivity contribution in [3.63, 3.8) is 0 Å². The molecule has 1 unspecified atom stereocenters. The van der Waals surface area contributed by atoms with Crippen LogP contribution in [0.2, 0.25) is 0 Å². The van der Waals surface area contributed by atoms with Crippen molar-refractivity contribution in [1.82, 2.24) is 14.5 Å². The number of carbonyl (C=O) groups excluding carboxylic acids is 1. The fourth-order valence-corrected chi connectivity index (χ4v) is 3.19. The summed E-state index contributed by atoms with van der Waals surface area (Å²) in [6, 6.07) is 7.58. The number of benzene rings is 1. The summed E-state index contributed by atoms with van der Waals surface area (Å²) in [6.07, 6.45) is 2.31. The van der Waals surface area contributed by atoms with E-state index in [4.69, 9.17) is 0 Å². The van der Waals surface area contributed by atoms with Gasteiger partial charge >= 0.3 is 6.09 Å². The van der Waals surface area contributed by atoms with E-state index in [0.29, 0.717) is 19.3 Å². The largest absolute Gasteiger partial charge is 0.465 e. The van der Waals surface area contributed by atoms with Crippen LogP contribution in [0.4, 0.5) is 4.79 Å². The smallest absolute Gasteiger partial charge is 0.414 e. The number of piperidine rings is 1. The molecule has 0 spiro atoms. The maximum absolute atomic E-state index is 12.8. The van der Waals surface area contributed by atoms with Crippen molar-refractivity contribution in [2.24, 2.45) is 0 Å². The van der Waals surface area contributed by atoms with Crippen LogP contribution in [-0.4, -0.2) is 38.1 Å². The third kappa shape index (κ3) is 1.90. The summed E-state index contributed by atoms with van der Waals surface area (Å²) in [5.74, 6) is -0.355. The Morgan fingerprint density at radius 3 is 2.90 bits per heavy atom. The molecule has 0 aliphatic carbocycles. The Hall–Kier alpha value is -2.37. The minimum atomic E-state index is -1.18. The number of amides is 2. The monoisotopic (exact) mass is 287 g/mol. The highest BCUT2D eigenvalue weighted by Crippen LogP contribution is 2.35. The van der Waals surface area contributed by atoms with E-state index in [2.05, 4.69) is 4.98 Å². The van der Waals surface area contributed by atoms with E-state index >= 15 is 0 Å². The van der Waals surface area contributed by atoms with E-state index in [1.165, 1.54) is 0 Å². The van der Waals surface area contributed by atoms with E-state index in [-0.39, 0.29) is 12.5 Å². The average Bonchev–Trinajstić information content (AvgIpc) is 2.92. The van der Waals surface area contributed by atoms with Crippen LogP contribution < -0.4 is 0 Å². The van der Waals surface area contributed by atoms with Crippen molar-refractivity contribution in [1.29, 1.82) is 0 Å². The van der Waals surface area contributed by atoms with Crippen LogP contribution in [-0.2, 0) is 10.3 Å². The Morgan fingerprint density at radius 2 is 2.19 bits per heavy atom. The lowest BCUT2D eigenvalue weighted by molar-refractivity contribution is -0.142. The summed E-state index contributed by atoms with van der Waals surface area (Å²) < 4.78 is 1.85. The van der Waals surface area contributed by atoms with E-state index in [1.54, 1.807) is 6.33 Å². The fourth-order valence-electron chi connectivity index (χ4n) is 3.19. The molecule has 1 aromatic carbocycles. The van der Waals surface area contributed by atoms with Crippen molar-refractivity contribution < 1.29 is 14.7 Å². The number of hydrogen-bond acceptors (Lipinski definition) is 3. The quantitative estimate of drug-likeness (QED) is 0.920. The normalized spacial score (nSPS) is 22.7. The summed E-state index contributed by atoms with van der Waals surface area (Å²) in [4.78, 5) is 29.3. The molecule has 2 amide bonds. The van der Waals surface area contributed by atoms with Gasteiger partial charge in [0.25, 0.3) is 5.91 Å².